The molecule has 2 saturated heterocycles. The second-order valence-corrected chi connectivity index (χ2v) is 10.5. The molecule has 0 radical (unpaired) electrons. The number of rotatable bonds is 8. The molecule has 11 nitrogen and oxygen atoms in total. The first-order valence-corrected chi connectivity index (χ1v) is 12.8. The first kappa shape index (κ1) is 23.1. The highest BCUT2D eigenvalue weighted by atomic mass is 32.2. The van der Waals surface area contributed by atoms with Crippen LogP contribution in [0.5, 0.6) is 0 Å². The van der Waals surface area contributed by atoms with Crippen LogP contribution in [-0.4, -0.2) is 83.6 Å². The number of carbonyl (C=O) groups excluding carboxylic acids is 1. The van der Waals surface area contributed by atoms with Gasteiger partial charge >= 0.3 is 0 Å². The van der Waals surface area contributed by atoms with E-state index < -0.39 is 10.0 Å². The first-order valence-electron chi connectivity index (χ1n) is 10.4. The van der Waals surface area contributed by atoms with Gasteiger partial charge in [-0.05, 0) is 47.9 Å². The summed E-state index contributed by atoms with van der Waals surface area (Å²) in [7, 11) is -3.65. The lowest BCUT2D eigenvalue weighted by atomic mass is 10.2. The number of hydrogen-bond donors (Lipinski definition) is 1. The molecule has 2 aliphatic rings. The summed E-state index contributed by atoms with van der Waals surface area (Å²) in [5.41, 5.74) is 1.23. The molecule has 0 saturated carbocycles. The standard InChI is InChI=1S/C19H26N6O5S2/c1-14-4-5-16(32(27,28)24-6-9-29-10-7-24)11-17(14)20-18(26)13-31-19-21-22-23-25(19)12-15-3-2-8-30-15/h4-5,11,15H,2-3,6-10,12-13H2,1H3,(H,20,26)/t15-/m0/s1. The molecule has 1 aromatic carbocycles. The molecule has 0 bridgehead atoms. The zero-order valence-corrected chi connectivity index (χ0v) is 19.4. The number of aryl methyl sites for hydroxylation is 1. The van der Waals surface area contributed by atoms with E-state index in [1.54, 1.807) is 16.8 Å². The molecule has 2 aliphatic heterocycles. The van der Waals surface area contributed by atoms with Crippen LogP contribution in [-0.2, 0) is 30.8 Å². The molecule has 2 aromatic rings. The third-order valence-corrected chi connectivity index (χ3v) is 8.17. The third-order valence-electron chi connectivity index (χ3n) is 5.32. The summed E-state index contributed by atoms with van der Waals surface area (Å²) in [4.78, 5) is 12.7. The second-order valence-electron chi connectivity index (χ2n) is 7.61. The zero-order valence-electron chi connectivity index (χ0n) is 17.8. The van der Waals surface area contributed by atoms with Crippen molar-refractivity contribution >= 4 is 33.4 Å². The molecule has 1 atom stereocenters. The van der Waals surface area contributed by atoms with E-state index >= 15 is 0 Å². The van der Waals surface area contributed by atoms with Crippen molar-refractivity contribution in [2.24, 2.45) is 0 Å². The van der Waals surface area contributed by atoms with Crippen LogP contribution in [0.25, 0.3) is 0 Å². The van der Waals surface area contributed by atoms with Gasteiger partial charge in [0.2, 0.25) is 21.1 Å². The topological polar surface area (TPSA) is 129 Å². The minimum Gasteiger partial charge on any atom is -0.379 e. The molecule has 1 amide bonds. The molecule has 1 N–H and O–H groups in total. The van der Waals surface area contributed by atoms with Crippen LogP contribution in [0.4, 0.5) is 5.69 Å². The lowest BCUT2D eigenvalue weighted by Crippen LogP contribution is -2.40. The molecule has 174 valence electrons. The summed E-state index contributed by atoms with van der Waals surface area (Å²) in [6.45, 7) is 4.49. The summed E-state index contributed by atoms with van der Waals surface area (Å²) >= 11 is 1.22. The van der Waals surface area contributed by atoms with Gasteiger partial charge in [0.15, 0.2) is 0 Å². The van der Waals surface area contributed by atoms with Crippen molar-refractivity contribution in [1.82, 2.24) is 24.5 Å². The summed E-state index contributed by atoms with van der Waals surface area (Å²) in [5.74, 6) is -0.183. The smallest absolute Gasteiger partial charge is 0.243 e. The quantitative estimate of drug-likeness (QED) is 0.546. The molecule has 0 aliphatic carbocycles. The average Bonchev–Trinajstić information content (AvgIpc) is 3.47. The van der Waals surface area contributed by atoms with Crippen molar-refractivity contribution in [3.05, 3.63) is 23.8 Å². The number of benzene rings is 1. The van der Waals surface area contributed by atoms with E-state index in [9.17, 15) is 13.2 Å². The number of ether oxygens (including phenoxy) is 2. The van der Waals surface area contributed by atoms with Crippen LogP contribution in [0.1, 0.15) is 18.4 Å². The SMILES string of the molecule is Cc1ccc(S(=O)(=O)N2CCOCC2)cc1NC(=O)CSc1nnnn1C[C@@H]1CCCO1. The van der Waals surface area contributed by atoms with Gasteiger partial charge in [-0.2, -0.15) is 4.31 Å². The van der Waals surface area contributed by atoms with Crippen molar-refractivity contribution in [2.75, 3.05) is 44.0 Å². The van der Waals surface area contributed by atoms with E-state index in [1.807, 2.05) is 6.92 Å². The molecule has 2 fully saturated rings. The number of morpholine rings is 1. The summed E-state index contributed by atoms with van der Waals surface area (Å²) in [6.07, 6.45) is 2.08. The van der Waals surface area contributed by atoms with E-state index in [1.165, 1.54) is 22.1 Å². The predicted octanol–water partition coefficient (Wildman–Crippen LogP) is 0.912. The number of amides is 1. The van der Waals surface area contributed by atoms with Crippen LogP contribution in [0.2, 0.25) is 0 Å². The maximum absolute atomic E-state index is 12.9. The van der Waals surface area contributed by atoms with E-state index in [4.69, 9.17) is 9.47 Å². The highest BCUT2D eigenvalue weighted by molar-refractivity contribution is 7.99. The second kappa shape index (κ2) is 10.3. The molecule has 13 heteroatoms. The van der Waals surface area contributed by atoms with E-state index in [0.717, 1.165) is 25.0 Å². The Morgan fingerprint density at radius 2 is 2.09 bits per heavy atom. The van der Waals surface area contributed by atoms with Gasteiger partial charge < -0.3 is 14.8 Å². The van der Waals surface area contributed by atoms with Crippen LogP contribution >= 0.6 is 11.8 Å². The Labute approximate surface area is 190 Å². The molecule has 0 spiro atoms. The van der Waals surface area contributed by atoms with Gasteiger partial charge in [0.1, 0.15) is 0 Å². The van der Waals surface area contributed by atoms with Gasteiger partial charge in [0.25, 0.3) is 0 Å². The van der Waals surface area contributed by atoms with Crippen molar-refractivity contribution < 1.29 is 22.7 Å². The molecular weight excluding hydrogens is 456 g/mol. The fraction of sp³-hybridized carbons (Fsp3) is 0.579. The Hall–Kier alpha value is -2.06. The highest BCUT2D eigenvalue weighted by Crippen LogP contribution is 2.24. The molecule has 32 heavy (non-hydrogen) atoms. The minimum atomic E-state index is -3.65. The molecule has 1 aromatic heterocycles. The maximum Gasteiger partial charge on any atom is 0.243 e. The Bertz CT molecular complexity index is 1050. The predicted molar refractivity (Wildman–Crippen MR) is 117 cm³/mol. The largest absolute Gasteiger partial charge is 0.379 e. The van der Waals surface area contributed by atoms with Crippen molar-refractivity contribution in [3.63, 3.8) is 0 Å². The van der Waals surface area contributed by atoms with Gasteiger partial charge in [0.05, 0.1) is 36.5 Å². The fourth-order valence-corrected chi connectivity index (χ4v) is 5.67. The number of nitrogens with zero attached hydrogens (tertiary/aromatic N) is 5. The van der Waals surface area contributed by atoms with Crippen molar-refractivity contribution in [3.8, 4) is 0 Å². The maximum atomic E-state index is 12.9. The Morgan fingerprint density at radius 3 is 2.84 bits per heavy atom. The number of carbonyl (C=O) groups is 1. The lowest BCUT2D eigenvalue weighted by Gasteiger charge is -2.26. The van der Waals surface area contributed by atoms with Crippen LogP contribution in [0.15, 0.2) is 28.3 Å². The summed E-state index contributed by atoms with van der Waals surface area (Å²) in [5, 5.41) is 15.0. The van der Waals surface area contributed by atoms with Gasteiger partial charge in [-0.3, -0.25) is 4.79 Å². The molecular formula is C19H26N6O5S2. The lowest BCUT2D eigenvalue weighted by molar-refractivity contribution is -0.113. The van der Waals surface area contributed by atoms with Crippen molar-refractivity contribution in [2.45, 2.75) is 42.5 Å². The monoisotopic (exact) mass is 482 g/mol. The number of hydrogen-bond acceptors (Lipinski definition) is 9. The number of nitrogens with one attached hydrogen (secondary N) is 1. The Balaban J connectivity index is 1.38. The van der Waals surface area contributed by atoms with Gasteiger partial charge in [0, 0.05) is 25.4 Å². The van der Waals surface area contributed by atoms with Gasteiger partial charge in [-0.1, -0.05) is 17.8 Å². The fourth-order valence-electron chi connectivity index (χ4n) is 3.54. The number of aromatic nitrogens is 4. The third kappa shape index (κ3) is 5.46. The van der Waals surface area contributed by atoms with Crippen molar-refractivity contribution in [1.29, 1.82) is 0 Å². The van der Waals surface area contributed by atoms with Crippen LogP contribution < -0.4 is 5.32 Å². The number of thioether (sulfide) groups is 1. The first-order chi connectivity index (χ1) is 15.4. The number of anilines is 1. The zero-order chi connectivity index (χ0) is 22.6. The van der Waals surface area contributed by atoms with E-state index in [0.29, 0.717) is 43.7 Å². The Kier molecular flexibility index (Phi) is 7.40. The minimum absolute atomic E-state index is 0.0884. The normalized spacial score (nSPS) is 19.8. The highest BCUT2D eigenvalue weighted by Gasteiger charge is 2.27. The van der Waals surface area contributed by atoms with Crippen LogP contribution in [0.3, 0.4) is 0 Å². The average molecular weight is 483 g/mol. The summed E-state index contributed by atoms with van der Waals surface area (Å²) < 4.78 is 39.7. The Morgan fingerprint density at radius 1 is 1.28 bits per heavy atom. The van der Waals surface area contributed by atoms with Crippen LogP contribution in [0, 0.1) is 6.92 Å². The van der Waals surface area contributed by atoms with E-state index in [2.05, 4.69) is 20.8 Å². The number of sulfonamides is 1. The molecule has 3 heterocycles. The molecule has 4 rings (SSSR count). The molecule has 0 unspecified atom stereocenters. The number of tetrazole rings is 1. The van der Waals surface area contributed by atoms with Gasteiger partial charge in [-0.15, -0.1) is 5.10 Å². The van der Waals surface area contributed by atoms with Gasteiger partial charge in [-0.25, -0.2) is 13.1 Å². The summed E-state index contributed by atoms with van der Waals surface area (Å²) in [6, 6.07) is 4.76. The van der Waals surface area contributed by atoms with E-state index in [-0.39, 0.29) is 22.7 Å².